The quantitative estimate of drug-likeness (QED) is 0.572. The highest BCUT2D eigenvalue weighted by atomic mass is 16.5. The molecule has 1 heterocycles. The van der Waals surface area contributed by atoms with Gasteiger partial charge in [-0.1, -0.05) is 5.16 Å². The Morgan fingerprint density at radius 2 is 1.62 bits per heavy atom. The van der Waals surface area contributed by atoms with Crippen LogP contribution in [0.25, 0.3) is 22.8 Å². The molecular weight excluding hydrogens is 336 g/mol. The van der Waals surface area contributed by atoms with Crippen LogP contribution < -0.4 is 14.2 Å². The zero-order valence-electron chi connectivity index (χ0n) is 14.9. The summed E-state index contributed by atoms with van der Waals surface area (Å²) in [5, 5.41) is 4.05. The summed E-state index contributed by atoms with van der Waals surface area (Å²) in [5.41, 5.74) is 1.58. The number of nitrogens with zero attached hydrogens (tertiary/aromatic N) is 2. The zero-order valence-corrected chi connectivity index (χ0v) is 14.9. The molecule has 0 spiro atoms. The lowest BCUT2D eigenvalue weighted by Gasteiger charge is -2.10. The van der Waals surface area contributed by atoms with Gasteiger partial charge in [-0.3, -0.25) is 0 Å². The average Bonchev–Trinajstić information content (AvgIpc) is 3.18. The monoisotopic (exact) mass is 356 g/mol. The molecule has 1 aromatic heterocycles. The lowest BCUT2D eigenvalue weighted by atomic mass is 10.2. The van der Waals surface area contributed by atoms with Crippen LogP contribution in [0.15, 0.2) is 47.0 Å². The number of methoxy groups -OCH3 is 3. The van der Waals surface area contributed by atoms with Gasteiger partial charge in [-0.2, -0.15) is 4.98 Å². The van der Waals surface area contributed by atoms with Crippen molar-refractivity contribution < 1.29 is 23.5 Å². The number of ether oxygens (including phenoxy) is 4. The normalized spacial score (nSPS) is 10.6. The van der Waals surface area contributed by atoms with Gasteiger partial charge in [0.25, 0.3) is 5.89 Å². The molecule has 0 N–H and O–H groups in total. The van der Waals surface area contributed by atoms with Gasteiger partial charge < -0.3 is 23.5 Å². The second-order valence-corrected chi connectivity index (χ2v) is 5.36. The van der Waals surface area contributed by atoms with Gasteiger partial charge in [0.05, 0.1) is 20.8 Å². The van der Waals surface area contributed by atoms with Crippen molar-refractivity contribution in [2.45, 2.75) is 0 Å². The maximum absolute atomic E-state index is 5.63. The smallest absolute Gasteiger partial charge is 0.258 e. The van der Waals surface area contributed by atoms with Crippen molar-refractivity contribution in [2.24, 2.45) is 0 Å². The standard InChI is InChI=1S/C19H20N2O5/c1-22-10-11-25-16-9-6-14(12-17(16)24-3)18-20-19(26-21-18)13-4-7-15(23-2)8-5-13/h4-9,12H,10-11H2,1-3H3. The summed E-state index contributed by atoms with van der Waals surface area (Å²) in [6.07, 6.45) is 0. The molecule has 2 aromatic carbocycles. The van der Waals surface area contributed by atoms with Crippen molar-refractivity contribution in [3.8, 4) is 40.1 Å². The first-order valence-corrected chi connectivity index (χ1v) is 8.03. The van der Waals surface area contributed by atoms with Gasteiger partial charge in [-0.15, -0.1) is 0 Å². The van der Waals surface area contributed by atoms with E-state index < -0.39 is 0 Å². The molecule has 0 fully saturated rings. The molecule has 0 unspecified atom stereocenters. The van der Waals surface area contributed by atoms with Crippen molar-refractivity contribution in [3.05, 3.63) is 42.5 Å². The van der Waals surface area contributed by atoms with E-state index in [1.54, 1.807) is 21.3 Å². The second kappa shape index (κ2) is 8.35. The molecule has 0 amide bonds. The van der Waals surface area contributed by atoms with Crippen LogP contribution in [0.2, 0.25) is 0 Å². The molecule has 7 heteroatoms. The Bertz CT molecular complexity index is 845. The summed E-state index contributed by atoms with van der Waals surface area (Å²) >= 11 is 0. The third-order valence-corrected chi connectivity index (χ3v) is 3.73. The number of hydrogen-bond donors (Lipinski definition) is 0. The van der Waals surface area contributed by atoms with Gasteiger partial charge in [-0.25, -0.2) is 0 Å². The summed E-state index contributed by atoms with van der Waals surface area (Å²) in [6, 6.07) is 12.9. The minimum atomic E-state index is 0.432. The third-order valence-electron chi connectivity index (χ3n) is 3.73. The Hall–Kier alpha value is -3.06. The summed E-state index contributed by atoms with van der Waals surface area (Å²) in [5.74, 6) is 2.89. The second-order valence-electron chi connectivity index (χ2n) is 5.36. The van der Waals surface area contributed by atoms with Crippen LogP contribution in [0.5, 0.6) is 17.2 Å². The first kappa shape index (κ1) is 17.8. The molecule has 0 aliphatic carbocycles. The fourth-order valence-corrected chi connectivity index (χ4v) is 2.35. The fourth-order valence-electron chi connectivity index (χ4n) is 2.35. The number of benzene rings is 2. The van der Waals surface area contributed by atoms with E-state index in [4.69, 9.17) is 23.5 Å². The third kappa shape index (κ3) is 3.94. The summed E-state index contributed by atoms with van der Waals surface area (Å²) in [4.78, 5) is 4.45. The molecule has 3 aromatic rings. The first-order chi connectivity index (χ1) is 12.7. The number of aromatic nitrogens is 2. The molecule has 0 radical (unpaired) electrons. The first-order valence-electron chi connectivity index (χ1n) is 8.03. The van der Waals surface area contributed by atoms with Gasteiger partial charge in [0, 0.05) is 18.2 Å². The van der Waals surface area contributed by atoms with E-state index in [-0.39, 0.29) is 0 Å². The Labute approximate surface area is 151 Å². The van der Waals surface area contributed by atoms with Crippen LogP contribution in [0, 0.1) is 0 Å². The minimum absolute atomic E-state index is 0.432. The topological polar surface area (TPSA) is 75.8 Å². The van der Waals surface area contributed by atoms with Crippen LogP contribution >= 0.6 is 0 Å². The van der Waals surface area contributed by atoms with E-state index in [9.17, 15) is 0 Å². The Balaban J connectivity index is 1.81. The fraction of sp³-hybridized carbons (Fsp3) is 0.263. The molecule has 3 rings (SSSR count). The van der Waals surface area contributed by atoms with Crippen molar-refractivity contribution >= 4 is 0 Å². The highest BCUT2D eigenvalue weighted by molar-refractivity contribution is 5.63. The molecule has 0 saturated heterocycles. The minimum Gasteiger partial charge on any atom is -0.497 e. The van der Waals surface area contributed by atoms with Gasteiger partial charge in [0.1, 0.15) is 12.4 Å². The van der Waals surface area contributed by atoms with E-state index >= 15 is 0 Å². The lowest BCUT2D eigenvalue weighted by Crippen LogP contribution is -2.05. The van der Waals surface area contributed by atoms with E-state index in [1.165, 1.54) is 0 Å². The van der Waals surface area contributed by atoms with Crippen LogP contribution in [-0.2, 0) is 4.74 Å². The predicted molar refractivity (Wildman–Crippen MR) is 95.6 cm³/mol. The van der Waals surface area contributed by atoms with Crippen molar-refractivity contribution in [1.29, 1.82) is 0 Å². The van der Waals surface area contributed by atoms with E-state index in [0.29, 0.717) is 36.4 Å². The van der Waals surface area contributed by atoms with Gasteiger partial charge in [0.15, 0.2) is 11.5 Å². The average molecular weight is 356 g/mol. The molecule has 0 aliphatic rings. The van der Waals surface area contributed by atoms with Gasteiger partial charge >= 0.3 is 0 Å². The zero-order chi connectivity index (χ0) is 18.4. The summed E-state index contributed by atoms with van der Waals surface area (Å²) in [7, 11) is 4.83. The van der Waals surface area contributed by atoms with E-state index in [1.807, 2.05) is 42.5 Å². The summed E-state index contributed by atoms with van der Waals surface area (Å²) in [6.45, 7) is 0.941. The highest BCUT2D eigenvalue weighted by Crippen LogP contribution is 2.32. The van der Waals surface area contributed by atoms with E-state index in [2.05, 4.69) is 10.1 Å². The maximum Gasteiger partial charge on any atom is 0.258 e. The summed E-state index contributed by atoms with van der Waals surface area (Å²) < 4.78 is 26.5. The SMILES string of the molecule is COCCOc1ccc(-c2noc(-c3ccc(OC)cc3)n2)cc1OC. The highest BCUT2D eigenvalue weighted by Gasteiger charge is 2.13. The molecule has 7 nitrogen and oxygen atoms in total. The van der Waals surface area contributed by atoms with Gasteiger partial charge in [-0.05, 0) is 42.5 Å². The van der Waals surface area contributed by atoms with Crippen LogP contribution in [0.4, 0.5) is 0 Å². The molecule has 0 atom stereocenters. The molecular formula is C19H20N2O5. The van der Waals surface area contributed by atoms with Crippen LogP contribution in [0.3, 0.4) is 0 Å². The maximum atomic E-state index is 5.63. The van der Waals surface area contributed by atoms with Crippen LogP contribution in [-0.4, -0.2) is 44.7 Å². The number of rotatable bonds is 8. The molecule has 0 bridgehead atoms. The molecule has 0 aliphatic heterocycles. The Kier molecular flexibility index (Phi) is 5.70. The Morgan fingerprint density at radius 3 is 2.31 bits per heavy atom. The van der Waals surface area contributed by atoms with Gasteiger partial charge in [0.2, 0.25) is 5.82 Å². The van der Waals surface area contributed by atoms with Crippen molar-refractivity contribution in [1.82, 2.24) is 10.1 Å². The molecule has 0 saturated carbocycles. The largest absolute Gasteiger partial charge is 0.497 e. The van der Waals surface area contributed by atoms with Crippen molar-refractivity contribution in [2.75, 3.05) is 34.5 Å². The molecule has 136 valence electrons. The molecule has 26 heavy (non-hydrogen) atoms. The van der Waals surface area contributed by atoms with Crippen LogP contribution in [0.1, 0.15) is 0 Å². The van der Waals surface area contributed by atoms with Crippen molar-refractivity contribution in [3.63, 3.8) is 0 Å². The predicted octanol–water partition coefficient (Wildman–Crippen LogP) is 3.45. The lowest BCUT2D eigenvalue weighted by molar-refractivity contribution is 0.144. The van der Waals surface area contributed by atoms with E-state index in [0.717, 1.165) is 16.9 Å². The Morgan fingerprint density at radius 1 is 0.846 bits per heavy atom. The number of hydrogen-bond acceptors (Lipinski definition) is 7.